The summed E-state index contributed by atoms with van der Waals surface area (Å²) >= 11 is 11.0. The van der Waals surface area contributed by atoms with Crippen LogP contribution in [-0.2, 0) is 4.79 Å². The quantitative estimate of drug-likeness (QED) is 0.562. The maximum Gasteiger partial charge on any atom is 0.225 e. The van der Waals surface area contributed by atoms with E-state index in [-0.39, 0.29) is 16.3 Å². The van der Waals surface area contributed by atoms with Gasteiger partial charge in [0.15, 0.2) is 0 Å². The van der Waals surface area contributed by atoms with E-state index in [4.69, 9.17) is 23.2 Å². The maximum atomic E-state index is 10.6. The number of carbonyl (C=O) groups is 1. The summed E-state index contributed by atoms with van der Waals surface area (Å²) < 4.78 is 0. The third kappa shape index (κ3) is 2.64. The Morgan fingerprint density at radius 2 is 2.17 bits per heavy atom. The summed E-state index contributed by atoms with van der Waals surface area (Å²) in [6, 6.07) is 1.41. The second kappa shape index (κ2) is 3.69. The Bertz CT molecular complexity index is 295. The summed E-state index contributed by atoms with van der Waals surface area (Å²) in [5, 5.41) is 2.63. The fourth-order valence-corrected chi connectivity index (χ4v) is 1.04. The summed E-state index contributed by atoms with van der Waals surface area (Å²) in [4.78, 5) is 17.9. The van der Waals surface area contributed by atoms with Gasteiger partial charge in [-0.05, 0) is 11.6 Å². The first-order valence-corrected chi connectivity index (χ1v) is 3.81. The highest BCUT2D eigenvalue weighted by molar-refractivity contribution is 6.32. The van der Waals surface area contributed by atoms with E-state index in [1.165, 1.54) is 13.0 Å². The predicted octanol–water partition coefficient (Wildman–Crippen LogP) is 1.74. The van der Waals surface area contributed by atoms with Crippen LogP contribution in [0.4, 0.5) is 5.82 Å². The van der Waals surface area contributed by atoms with E-state index in [9.17, 15) is 4.79 Å². The molecule has 6 heteroatoms. The van der Waals surface area contributed by atoms with Gasteiger partial charge in [0.1, 0.15) is 11.0 Å². The van der Waals surface area contributed by atoms with E-state index in [0.29, 0.717) is 5.82 Å². The highest BCUT2D eigenvalue weighted by Gasteiger charge is 2.01. The highest BCUT2D eigenvalue weighted by atomic mass is 35.5. The summed E-state index contributed by atoms with van der Waals surface area (Å²) in [6.45, 7) is 1.36. The van der Waals surface area contributed by atoms with Gasteiger partial charge < -0.3 is 5.32 Å². The second-order valence-electron chi connectivity index (χ2n) is 2.03. The van der Waals surface area contributed by atoms with Gasteiger partial charge in [-0.2, -0.15) is 0 Å². The van der Waals surface area contributed by atoms with Crippen LogP contribution in [0.3, 0.4) is 0 Å². The number of nitrogens with one attached hydrogen (secondary N) is 1. The third-order valence-corrected chi connectivity index (χ3v) is 1.33. The number of carbonyl (C=O) groups excluding carboxylic acids is 1. The summed E-state index contributed by atoms with van der Waals surface area (Å²) in [6.07, 6.45) is 0. The Hall–Kier alpha value is -0.870. The van der Waals surface area contributed by atoms with Crippen LogP contribution in [0, 0.1) is 0 Å². The number of amides is 1. The number of aromatic nitrogens is 2. The Balaban J connectivity index is 2.93. The number of hydrogen-bond acceptors (Lipinski definition) is 3. The van der Waals surface area contributed by atoms with Crippen LogP contribution in [0.15, 0.2) is 6.07 Å². The van der Waals surface area contributed by atoms with E-state index in [1.54, 1.807) is 0 Å². The van der Waals surface area contributed by atoms with Crippen molar-refractivity contribution in [1.82, 2.24) is 9.97 Å². The molecule has 0 aliphatic heterocycles. The van der Waals surface area contributed by atoms with Gasteiger partial charge in [-0.3, -0.25) is 4.79 Å². The van der Waals surface area contributed by atoms with Gasteiger partial charge in [0.2, 0.25) is 11.2 Å². The molecule has 1 rings (SSSR count). The molecule has 0 fully saturated rings. The molecule has 0 spiro atoms. The fourth-order valence-electron chi connectivity index (χ4n) is 0.634. The molecule has 0 aliphatic carbocycles. The zero-order chi connectivity index (χ0) is 9.14. The lowest BCUT2D eigenvalue weighted by Gasteiger charge is -2.00. The molecule has 0 bridgehead atoms. The molecule has 0 atom stereocenters. The lowest BCUT2D eigenvalue weighted by atomic mass is 10.5. The molecule has 64 valence electrons. The first-order valence-electron chi connectivity index (χ1n) is 3.05. The van der Waals surface area contributed by atoms with Crippen molar-refractivity contribution in [2.45, 2.75) is 6.92 Å². The number of hydrogen-bond donors (Lipinski definition) is 1. The molecule has 12 heavy (non-hydrogen) atoms. The Labute approximate surface area is 78.9 Å². The van der Waals surface area contributed by atoms with Crippen LogP contribution in [0.25, 0.3) is 0 Å². The van der Waals surface area contributed by atoms with Crippen LogP contribution in [0.1, 0.15) is 6.92 Å². The predicted molar refractivity (Wildman–Crippen MR) is 46.4 cm³/mol. The van der Waals surface area contributed by atoms with Crippen LogP contribution >= 0.6 is 23.2 Å². The molecule has 0 saturated carbocycles. The lowest BCUT2D eigenvalue weighted by molar-refractivity contribution is -0.114. The first kappa shape index (κ1) is 9.22. The van der Waals surface area contributed by atoms with Crippen molar-refractivity contribution in [2.75, 3.05) is 5.32 Å². The molecule has 1 aromatic heterocycles. The maximum absolute atomic E-state index is 10.6. The molecule has 1 amide bonds. The van der Waals surface area contributed by atoms with E-state index >= 15 is 0 Å². The SMILES string of the molecule is CC(=O)Nc1cc(Cl)nc(Cl)n1. The molecule has 0 aliphatic rings. The number of rotatable bonds is 1. The standard InChI is InChI=1S/C6H5Cl2N3O/c1-3(12)9-5-2-4(7)10-6(8)11-5/h2H,1H3,(H,9,10,11,12). The third-order valence-electron chi connectivity index (χ3n) is 0.972. The van der Waals surface area contributed by atoms with Gasteiger partial charge in [-0.1, -0.05) is 11.6 Å². The second-order valence-corrected chi connectivity index (χ2v) is 2.75. The minimum Gasteiger partial charge on any atom is -0.311 e. The van der Waals surface area contributed by atoms with E-state index in [1.807, 2.05) is 0 Å². The van der Waals surface area contributed by atoms with Crippen molar-refractivity contribution >= 4 is 34.9 Å². The average molecular weight is 206 g/mol. The van der Waals surface area contributed by atoms with E-state index < -0.39 is 0 Å². The zero-order valence-electron chi connectivity index (χ0n) is 6.14. The normalized spacial score (nSPS) is 9.58. The Morgan fingerprint density at radius 3 is 2.67 bits per heavy atom. The van der Waals surface area contributed by atoms with Crippen LogP contribution in [0.2, 0.25) is 10.4 Å². The lowest BCUT2D eigenvalue weighted by Crippen LogP contribution is -2.07. The van der Waals surface area contributed by atoms with E-state index in [0.717, 1.165) is 0 Å². The van der Waals surface area contributed by atoms with Crippen molar-refractivity contribution in [2.24, 2.45) is 0 Å². The van der Waals surface area contributed by atoms with Crippen molar-refractivity contribution in [3.05, 3.63) is 16.5 Å². The molecule has 4 nitrogen and oxygen atoms in total. The zero-order valence-corrected chi connectivity index (χ0v) is 7.65. The minimum atomic E-state index is -0.235. The average Bonchev–Trinajstić information content (AvgIpc) is 1.81. The van der Waals surface area contributed by atoms with E-state index in [2.05, 4.69) is 15.3 Å². The molecule has 0 unspecified atom stereocenters. The van der Waals surface area contributed by atoms with Gasteiger partial charge in [0, 0.05) is 13.0 Å². The Morgan fingerprint density at radius 1 is 1.50 bits per heavy atom. The van der Waals surface area contributed by atoms with Crippen LogP contribution in [0.5, 0.6) is 0 Å². The fraction of sp³-hybridized carbons (Fsp3) is 0.167. The van der Waals surface area contributed by atoms with Crippen molar-refractivity contribution < 1.29 is 4.79 Å². The van der Waals surface area contributed by atoms with Gasteiger partial charge in [0.25, 0.3) is 0 Å². The van der Waals surface area contributed by atoms with Crippen LogP contribution in [-0.4, -0.2) is 15.9 Å². The van der Waals surface area contributed by atoms with Crippen molar-refractivity contribution in [1.29, 1.82) is 0 Å². The van der Waals surface area contributed by atoms with Crippen molar-refractivity contribution in [3.8, 4) is 0 Å². The Kier molecular flexibility index (Phi) is 2.83. The smallest absolute Gasteiger partial charge is 0.225 e. The summed E-state index contributed by atoms with van der Waals surface area (Å²) in [5.74, 6) is 0.0633. The van der Waals surface area contributed by atoms with Crippen molar-refractivity contribution in [3.63, 3.8) is 0 Å². The molecular formula is C6H5Cl2N3O. The van der Waals surface area contributed by atoms with Gasteiger partial charge in [-0.15, -0.1) is 0 Å². The number of anilines is 1. The highest BCUT2D eigenvalue weighted by Crippen LogP contribution is 2.13. The number of halogens is 2. The molecule has 1 heterocycles. The molecule has 1 aromatic rings. The summed E-state index contributed by atoms with van der Waals surface area (Å²) in [7, 11) is 0. The van der Waals surface area contributed by atoms with Crippen LogP contribution < -0.4 is 5.32 Å². The first-order chi connectivity index (χ1) is 5.58. The monoisotopic (exact) mass is 205 g/mol. The van der Waals surface area contributed by atoms with Gasteiger partial charge >= 0.3 is 0 Å². The summed E-state index contributed by atoms with van der Waals surface area (Å²) in [5.41, 5.74) is 0. The molecule has 1 N–H and O–H groups in total. The minimum absolute atomic E-state index is 0.00579. The largest absolute Gasteiger partial charge is 0.311 e. The molecular weight excluding hydrogens is 201 g/mol. The van der Waals surface area contributed by atoms with Gasteiger partial charge in [-0.25, -0.2) is 9.97 Å². The number of nitrogens with zero attached hydrogens (tertiary/aromatic N) is 2. The molecule has 0 aromatic carbocycles. The van der Waals surface area contributed by atoms with Gasteiger partial charge in [0.05, 0.1) is 0 Å². The topological polar surface area (TPSA) is 54.9 Å². The molecule has 0 radical (unpaired) electrons. The molecule has 0 saturated heterocycles.